The van der Waals surface area contributed by atoms with Gasteiger partial charge in [0.25, 0.3) is 0 Å². The summed E-state index contributed by atoms with van der Waals surface area (Å²) in [6.07, 6.45) is 0.811. The number of hydrogen-bond acceptors (Lipinski definition) is 4. The van der Waals surface area contributed by atoms with Gasteiger partial charge in [0.2, 0.25) is 5.56 Å². The number of aliphatic hydroxyl groups excluding tert-OH is 1. The summed E-state index contributed by atoms with van der Waals surface area (Å²) >= 11 is 0. The molecule has 0 fully saturated rings. The van der Waals surface area contributed by atoms with E-state index in [9.17, 15) is 9.59 Å². The number of rotatable bonds is 3. The molecular formula is C9H12N2O4. The highest BCUT2D eigenvalue weighted by Crippen LogP contribution is 2.02. The van der Waals surface area contributed by atoms with Crippen LogP contribution in [-0.4, -0.2) is 29.0 Å². The molecule has 0 aliphatic heterocycles. The summed E-state index contributed by atoms with van der Waals surface area (Å²) in [4.78, 5) is 22.1. The van der Waals surface area contributed by atoms with Crippen LogP contribution < -0.4 is 10.9 Å². The van der Waals surface area contributed by atoms with Crippen LogP contribution in [0.2, 0.25) is 0 Å². The fraction of sp³-hybridized carbons (Fsp3) is 0.333. The van der Waals surface area contributed by atoms with Gasteiger partial charge in [-0.1, -0.05) is 0 Å². The molecule has 0 aliphatic rings. The third-order valence-electron chi connectivity index (χ3n) is 1.66. The molecule has 0 saturated carbocycles. The lowest BCUT2D eigenvalue weighted by Crippen LogP contribution is -2.19. The predicted molar refractivity (Wildman–Crippen MR) is 53.7 cm³/mol. The number of nitrogens with zero attached hydrogens (tertiary/aromatic N) is 1. The first kappa shape index (κ1) is 11.3. The number of ether oxygens (including phenoxy) is 1. The molecule has 1 aromatic rings. The normalized spacial score (nSPS) is 9.73. The van der Waals surface area contributed by atoms with Gasteiger partial charge in [0.15, 0.2) is 0 Å². The molecule has 0 unspecified atom stereocenters. The summed E-state index contributed by atoms with van der Waals surface area (Å²) in [6, 6.07) is 2.81. The highest BCUT2D eigenvalue weighted by atomic mass is 16.6. The molecule has 1 heterocycles. The number of carbonyl (C=O) groups is 1. The van der Waals surface area contributed by atoms with Crippen molar-refractivity contribution in [3.8, 4) is 0 Å². The van der Waals surface area contributed by atoms with Gasteiger partial charge in [0.1, 0.15) is 6.61 Å². The minimum Gasteiger partial charge on any atom is -0.447 e. The fourth-order valence-electron chi connectivity index (χ4n) is 0.960. The standard InChI is InChI=1S/C9H12N2O4/c1-11-6-7(2-3-8(11)13)10-9(14)15-5-4-12/h2-3,6,12H,4-5H2,1H3,(H,10,14). The lowest BCUT2D eigenvalue weighted by Gasteiger charge is -2.06. The zero-order valence-electron chi connectivity index (χ0n) is 8.27. The zero-order valence-corrected chi connectivity index (χ0v) is 8.27. The van der Waals surface area contributed by atoms with Crippen LogP contribution in [0.5, 0.6) is 0 Å². The van der Waals surface area contributed by atoms with Crippen LogP contribution in [0.3, 0.4) is 0 Å². The van der Waals surface area contributed by atoms with Crippen molar-refractivity contribution in [3.63, 3.8) is 0 Å². The number of carbonyl (C=O) groups excluding carboxylic acids is 1. The van der Waals surface area contributed by atoms with Gasteiger partial charge in [-0.05, 0) is 6.07 Å². The quantitative estimate of drug-likeness (QED) is 0.734. The van der Waals surface area contributed by atoms with Gasteiger partial charge in [-0.15, -0.1) is 0 Å². The van der Waals surface area contributed by atoms with Gasteiger partial charge in [-0.3, -0.25) is 10.1 Å². The summed E-state index contributed by atoms with van der Waals surface area (Å²) in [6.45, 7) is -0.279. The van der Waals surface area contributed by atoms with E-state index in [0.717, 1.165) is 0 Å². The van der Waals surface area contributed by atoms with Crippen molar-refractivity contribution >= 4 is 11.8 Å². The number of aliphatic hydroxyl groups is 1. The van der Waals surface area contributed by atoms with Crippen LogP contribution in [0, 0.1) is 0 Å². The van der Waals surface area contributed by atoms with Crippen LogP contribution >= 0.6 is 0 Å². The average Bonchev–Trinajstić information content (AvgIpc) is 2.20. The van der Waals surface area contributed by atoms with E-state index in [4.69, 9.17) is 5.11 Å². The molecule has 1 rings (SSSR count). The molecule has 0 bridgehead atoms. The Hall–Kier alpha value is -1.82. The summed E-state index contributed by atoms with van der Waals surface area (Å²) in [5.41, 5.74) is 0.296. The van der Waals surface area contributed by atoms with Gasteiger partial charge < -0.3 is 14.4 Å². The maximum atomic E-state index is 11.0. The Kier molecular flexibility index (Phi) is 3.87. The van der Waals surface area contributed by atoms with E-state index in [1.807, 2.05) is 0 Å². The SMILES string of the molecule is Cn1cc(NC(=O)OCCO)ccc1=O. The van der Waals surface area contributed by atoms with Crippen molar-refractivity contribution in [3.05, 3.63) is 28.7 Å². The second-order valence-corrected chi connectivity index (χ2v) is 2.85. The van der Waals surface area contributed by atoms with Crippen molar-refractivity contribution in [1.82, 2.24) is 4.57 Å². The van der Waals surface area contributed by atoms with E-state index in [0.29, 0.717) is 5.69 Å². The Labute approximate surface area is 86.1 Å². The van der Waals surface area contributed by atoms with Crippen molar-refractivity contribution in [2.75, 3.05) is 18.5 Å². The van der Waals surface area contributed by atoms with E-state index < -0.39 is 6.09 Å². The number of aromatic nitrogens is 1. The highest BCUT2D eigenvalue weighted by molar-refractivity contribution is 5.84. The van der Waals surface area contributed by atoms with Crippen LogP contribution in [0.25, 0.3) is 0 Å². The monoisotopic (exact) mass is 212 g/mol. The molecule has 1 aromatic heterocycles. The van der Waals surface area contributed by atoms with Crippen molar-refractivity contribution in [1.29, 1.82) is 0 Å². The van der Waals surface area contributed by atoms with E-state index in [2.05, 4.69) is 10.1 Å². The van der Waals surface area contributed by atoms with Crippen molar-refractivity contribution < 1.29 is 14.6 Å². The number of amides is 1. The largest absolute Gasteiger partial charge is 0.447 e. The van der Waals surface area contributed by atoms with Crippen LogP contribution in [0.15, 0.2) is 23.1 Å². The number of aryl methyl sites for hydroxylation is 1. The third-order valence-corrected chi connectivity index (χ3v) is 1.66. The number of pyridine rings is 1. The molecular weight excluding hydrogens is 200 g/mol. The maximum Gasteiger partial charge on any atom is 0.411 e. The first-order valence-corrected chi connectivity index (χ1v) is 4.35. The molecule has 0 saturated heterocycles. The minimum absolute atomic E-state index is 0.0579. The van der Waals surface area contributed by atoms with E-state index in [1.165, 1.54) is 22.9 Å². The van der Waals surface area contributed by atoms with Gasteiger partial charge in [0.05, 0.1) is 12.3 Å². The Morgan fingerprint density at radius 2 is 2.33 bits per heavy atom. The van der Waals surface area contributed by atoms with Crippen LogP contribution in [0.4, 0.5) is 10.5 Å². The zero-order chi connectivity index (χ0) is 11.3. The Morgan fingerprint density at radius 3 is 2.93 bits per heavy atom. The molecule has 6 heteroatoms. The third kappa shape index (κ3) is 3.43. The smallest absolute Gasteiger partial charge is 0.411 e. The first-order chi connectivity index (χ1) is 7.13. The number of anilines is 1. The highest BCUT2D eigenvalue weighted by Gasteiger charge is 2.02. The van der Waals surface area contributed by atoms with Crippen LogP contribution in [-0.2, 0) is 11.8 Å². The number of nitrogens with one attached hydrogen (secondary N) is 1. The molecule has 2 N–H and O–H groups in total. The molecule has 0 atom stereocenters. The van der Waals surface area contributed by atoms with Crippen molar-refractivity contribution in [2.24, 2.45) is 7.05 Å². The molecule has 1 amide bonds. The lowest BCUT2D eigenvalue weighted by molar-refractivity contribution is 0.131. The molecule has 82 valence electrons. The second-order valence-electron chi connectivity index (χ2n) is 2.85. The molecule has 15 heavy (non-hydrogen) atoms. The average molecular weight is 212 g/mol. The molecule has 0 aromatic carbocycles. The Balaban J connectivity index is 2.61. The van der Waals surface area contributed by atoms with E-state index in [1.54, 1.807) is 7.05 Å². The summed E-state index contributed by atoms with van der Waals surface area (Å²) < 4.78 is 5.91. The van der Waals surface area contributed by atoms with Gasteiger partial charge in [0, 0.05) is 19.3 Å². The van der Waals surface area contributed by atoms with Crippen molar-refractivity contribution in [2.45, 2.75) is 0 Å². The van der Waals surface area contributed by atoms with Gasteiger partial charge in [-0.25, -0.2) is 4.79 Å². The van der Waals surface area contributed by atoms with E-state index in [-0.39, 0.29) is 18.8 Å². The fourth-order valence-corrected chi connectivity index (χ4v) is 0.960. The molecule has 0 aliphatic carbocycles. The topological polar surface area (TPSA) is 80.6 Å². The van der Waals surface area contributed by atoms with E-state index >= 15 is 0 Å². The first-order valence-electron chi connectivity index (χ1n) is 4.35. The Morgan fingerprint density at radius 1 is 1.60 bits per heavy atom. The molecule has 0 radical (unpaired) electrons. The summed E-state index contributed by atoms with van der Waals surface area (Å²) in [5.74, 6) is 0. The lowest BCUT2D eigenvalue weighted by atomic mass is 10.4. The van der Waals surface area contributed by atoms with Gasteiger partial charge in [-0.2, -0.15) is 0 Å². The van der Waals surface area contributed by atoms with Gasteiger partial charge >= 0.3 is 6.09 Å². The number of hydrogen-bond donors (Lipinski definition) is 2. The predicted octanol–water partition coefficient (Wildman–Crippen LogP) is -0.0739. The summed E-state index contributed by atoms with van der Waals surface area (Å²) in [5, 5.41) is 10.8. The molecule has 6 nitrogen and oxygen atoms in total. The summed E-state index contributed by atoms with van der Waals surface area (Å²) in [7, 11) is 1.58. The van der Waals surface area contributed by atoms with Crippen LogP contribution in [0.1, 0.15) is 0 Å². The minimum atomic E-state index is -0.664. The second kappa shape index (κ2) is 5.16. The molecule has 0 spiro atoms. The Bertz CT molecular complexity index is 399. The maximum absolute atomic E-state index is 11.0.